The molecule has 1 aromatic carbocycles. The third-order valence-corrected chi connectivity index (χ3v) is 5.09. The van der Waals surface area contributed by atoms with Crippen LogP contribution in [0.2, 0.25) is 0 Å². The van der Waals surface area contributed by atoms with Crippen LogP contribution in [0.15, 0.2) is 43.0 Å². The van der Waals surface area contributed by atoms with Gasteiger partial charge in [0.1, 0.15) is 6.61 Å². The summed E-state index contributed by atoms with van der Waals surface area (Å²) in [5.41, 5.74) is 1.09. The van der Waals surface area contributed by atoms with Crippen molar-refractivity contribution in [2.75, 3.05) is 6.61 Å². The normalized spacial score (nSPS) is 28.7. The molecule has 1 aromatic rings. The summed E-state index contributed by atoms with van der Waals surface area (Å²) in [5, 5.41) is 0. The van der Waals surface area contributed by atoms with Crippen molar-refractivity contribution < 1.29 is 19.1 Å². The van der Waals surface area contributed by atoms with E-state index in [1.165, 1.54) is 4.90 Å². The summed E-state index contributed by atoms with van der Waals surface area (Å²) in [6.07, 6.45) is 4.72. The third kappa shape index (κ3) is 4.52. The first-order valence-electron chi connectivity index (χ1n) is 9.36. The Hall–Kier alpha value is -2.14. The Morgan fingerprint density at radius 1 is 1.27 bits per heavy atom. The molecule has 2 amide bonds. The Bertz CT molecular complexity index is 645. The highest BCUT2D eigenvalue weighted by molar-refractivity contribution is 5.93. The molecule has 0 spiro atoms. The number of carbonyl (C=O) groups is 2. The molecule has 2 saturated heterocycles. The zero-order chi connectivity index (χ0) is 18.5. The Balaban J connectivity index is 1.63. The Kier molecular flexibility index (Phi) is 6.09. The number of cyclic esters (lactones) is 1. The molecule has 140 valence electrons. The molecule has 0 aliphatic carbocycles. The van der Waals surface area contributed by atoms with Crippen LogP contribution in [0.25, 0.3) is 0 Å². The first-order valence-corrected chi connectivity index (χ1v) is 9.36. The summed E-state index contributed by atoms with van der Waals surface area (Å²) in [5.74, 6) is 0.294. The predicted molar refractivity (Wildman–Crippen MR) is 98.6 cm³/mol. The second-order valence-corrected chi connectivity index (χ2v) is 7.37. The number of hydrogen-bond acceptors (Lipinski definition) is 4. The highest BCUT2D eigenvalue weighted by Crippen LogP contribution is 2.29. The van der Waals surface area contributed by atoms with E-state index in [0.717, 1.165) is 24.8 Å². The average molecular weight is 357 g/mol. The fourth-order valence-electron chi connectivity index (χ4n) is 3.94. The van der Waals surface area contributed by atoms with Gasteiger partial charge in [0, 0.05) is 0 Å². The molecular formula is C21H27NO4. The molecule has 0 radical (unpaired) electrons. The topological polar surface area (TPSA) is 55.8 Å². The van der Waals surface area contributed by atoms with E-state index in [2.05, 4.69) is 13.5 Å². The Morgan fingerprint density at radius 2 is 2.00 bits per heavy atom. The maximum Gasteiger partial charge on any atom is 0.416 e. The van der Waals surface area contributed by atoms with Gasteiger partial charge in [0.25, 0.3) is 0 Å². The van der Waals surface area contributed by atoms with Crippen LogP contribution in [-0.4, -0.2) is 41.8 Å². The fourth-order valence-corrected chi connectivity index (χ4v) is 3.94. The van der Waals surface area contributed by atoms with Crippen LogP contribution >= 0.6 is 0 Å². The largest absolute Gasteiger partial charge is 0.447 e. The van der Waals surface area contributed by atoms with E-state index in [-0.39, 0.29) is 37.2 Å². The van der Waals surface area contributed by atoms with Gasteiger partial charge in [-0.1, -0.05) is 43.3 Å². The van der Waals surface area contributed by atoms with Gasteiger partial charge >= 0.3 is 6.09 Å². The van der Waals surface area contributed by atoms with Gasteiger partial charge in [-0.15, -0.1) is 6.58 Å². The molecule has 2 aliphatic heterocycles. The van der Waals surface area contributed by atoms with Gasteiger partial charge in [-0.05, 0) is 37.2 Å². The van der Waals surface area contributed by atoms with E-state index in [1.807, 2.05) is 36.4 Å². The van der Waals surface area contributed by atoms with Crippen LogP contribution in [0, 0.1) is 5.92 Å². The number of carbonyl (C=O) groups excluding carboxylic acids is 2. The van der Waals surface area contributed by atoms with Crippen LogP contribution in [0.4, 0.5) is 4.79 Å². The lowest BCUT2D eigenvalue weighted by Crippen LogP contribution is -2.43. The zero-order valence-electron chi connectivity index (χ0n) is 15.3. The number of ether oxygens (including phenoxy) is 2. The van der Waals surface area contributed by atoms with E-state index < -0.39 is 6.09 Å². The van der Waals surface area contributed by atoms with Crippen LogP contribution < -0.4 is 0 Å². The second-order valence-electron chi connectivity index (χ2n) is 7.37. The minimum atomic E-state index is -0.539. The molecule has 26 heavy (non-hydrogen) atoms. The summed E-state index contributed by atoms with van der Waals surface area (Å²) in [4.78, 5) is 26.2. The van der Waals surface area contributed by atoms with E-state index in [9.17, 15) is 9.59 Å². The molecule has 0 bridgehead atoms. The summed E-state index contributed by atoms with van der Waals surface area (Å²) in [6, 6.07) is 9.60. The van der Waals surface area contributed by atoms with Crippen molar-refractivity contribution in [1.82, 2.24) is 4.90 Å². The highest BCUT2D eigenvalue weighted by atomic mass is 16.6. The molecule has 0 N–H and O–H groups in total. The maximum atomic E-state index is 12.8. The summed E-state index contributed by atoms with van der Waals surface area (Å²) in [7, 11) is 0. The number of hydrogen-bond donors (Lipinski definition) is 0. The van der Waals surface area contributed by atoms with Crippen LogP contribution in [0.3, 0.4) is 0 Å². The van der Waals surface area contributed by atoms with Crippen molar-refractivity contribution in [2.24, 2.45) is 5.92 Å². The molecule has 2 fully saturated rings. The fraction of sp³-hybridized carbons (Fsp3) is 0.524. The van der Waals surface area contributed by atoms with Gasteiger partial charge in [0.05, 0.1) is 24.7 Å². The third-order valence-electron chi connectivity index (χ3n) is 5.09. The maximum absolute atomic E-state index is 12.8. The highest BCUT2D eigenvalue weighted by Gasteiger charge is 2.39. The molecule has 4 atom stereocenters. The van der Waals surface area contributed by atoms with E-state index in [0.29, 0.717) is 12.3 Å². The molecule has 5 nitrogen and oxygen atoms in total. The number of amides is 2. The summed E-state index contributed by atoms with van der Waals surface area (Å²) < 4.78 is 11.2. The zero-order valence-corrected chi connectivity index (χ0v) is 15.3. The van der Waals surface area contributed by atoms with E-state index in [1.54, 1.807) is 0 Å². The summed E-state index contributed by atoms with van der Waals surface area (Å²) >= 11 is 0. The van der Waals surface area contributed by atoms with Gasteiger partial charge in [-0.25, -0.2) is 9.69 Å². The van der Waals surface area contributed by atoms with Crippen molar-refractivity contribution in [1.29, 1.82) is 0 Å². The smallest absolute Gasteiger partial charge is 0.416 e. The molecule has 5 heteroatoms. The quantitative estimate of drug-likeness (QED) is 0.728. The van der Waals surface area contributed by atoms with Gasteiger partial charge in [-0.3, -0.25) is 4.79 Å². The first-order chi connectivity index (χ1) is 12.6. The van der Waals surface area contributed by atoms with Crippen LogP contribution in [-0.2, 0) is 20.7 Å². The van der Waals surface area contributed by atoms with Gasteiger partial charge in [-0.2, -0.15) is 0 Å². The minimum absolute atomic E-state index is 0.111. The molecule has 0 aromatic heterocycles. The Labute approximate surface area is 155 Å². The van der Waals surface area contributed by atoms with Crippen molar-refractivity contribution in [3.05, 3.63) is 48.6 Å². The molecule has 2 heterocycles. The van der Waals surface area contributed by atoms with Crippen molar-refractivity contribution in [2.45, 2.75) is 57.3 Å². The monoisotopic (exact) mass is 357 g/mol. The Morgan fingerprint density at radius 3 is 2.73 bits per heavy atom. The molecule has 0 saturated carbocycles. The molecule has 0 unspecified atom stereocenters. The van der Waals surface area contributed by atoms with Crippen molar-refractivity contribution in [3.63, 3.8) is 0 Å². The lowest BCUT2D eigenvalue weighted by Gasteiger charge is -2.34. The van der Waals surface area contributed by atoms with Crippen LogP contribution in [0.5, 0.6) is 0 Å². The lowest BCUT2D eigenvalue weighted by atomic mass is 9.90. The van der Waals surface area contributed by atoms with Crippen LogP contribution in [0.1, 0.15) is 38.2 Å². The van der Waals surface area contributed by atoms with Gasteiger partial charge in [0.15, 0.2) is 0 Å². The molecule has 2 aliphatic rings. The average Bonchev–Trinajstić information content (AvgIpc) is 2.96. The summed E-state index contributed by atoms with van der Waals surface area (Å²) in [6.45, 7) is 6.20. The lowest BCUT2D eigenvalue weighted by molar-refractivity contribution is -0.136. The van der Waals surface area contributed by atoms with Gasteiger partial charge in [0.2, 0.25) is 5.91 Å². The predicted octanol–water partition coefficient (Wildman–Crippen LogP) is 3.73. The molecule has 3 rings (SSSR count). The number of benzene rings is 1. The standard InChI is InChI=1S/C21H27NO4/c1-3-7-18-10-15(2)11-19(26-18)13-20(23)22-17(14-25-21(22)24)12-16-8-5-4-6-9-16/h3-6,8-9,15,17-19H,1,7,10-14H2,2H3/t15-,17+,18+,19-/m1/s1. The number of nitrogens with zero attached hydrogens (tertiary/aromatic N) is 1. The first kappa shape index (κ1) is 18.6. The second kappa shape index (κ2) is 8.49. The number of imide groups is 1. The van der Waals surface area contributed by atoms with Crippen molar-refractivity contribution in [3.8, 4) is 0 Å². The van der Waals surface area contributed by atoms with E-state index >= 15 is 0 Å². The van der Waals surface area contributed by atoms with E-state index in [4.69, 9.17) is 9.47 Å². The minimum Gasteiger partial charge on any atom is -0.447 e. The SMILES string of the molecule is C=CC[C@H]1C[C@@H](C)C[C@H](CC(=O)N2C(=O)OC[C@@H]2Cc2ccccc2)O1. The number of rotatable bonds is 6. The van der Waals surface area contributed by atoms with Gasteiger partial charge < -0.3 is 9.47 Å². The van der Waals surface area contributed by atoms with Crippen molar-refractivity contribution >= 4 is 12.0 Å². The molecular weight excluding hydrogens is 330 g/mol.